The molecule has 0 fully saturated rings. The molecule has 0 amide bonds. The summed E-state index contributed by atoms with van der Waals surface area (Å²) in [5, 5.41) is 0. The molecule has 0 saturated carbocycles. The molecule has 1 heterocycles. The van der Waals surface area contributed by atoms with Crippen molar-refractivity contribution in [3.8, 4) is 0 Å². The molecule has 0 aliphatic heterocycles. The molecular formula is C10H15B. The summed E-state index contributed by atoms with van der Waals surface area (Å²) in [6.45, 7) is 6.72. The number of rotatable bonds is 3. The van der Waals surface area contributed by atoms with Crippen LogP contribution < -0.4 is 0 Å². The molecule has 0 nitrogen and oxygen atoms in total. The zero-order valence-corrected chi connectivity index (χ0v) is 7.38. The summed E-state index contributed by atoms with van der Waals surface area (Å²) in [5.41, 5.74) is 1.48. The van der Waals surface area contributed by atoms with Crippen LogP contribution >= 0.6 is 0 Å². The van der Waals surface area contributed by atoms with Crippen molar-refractivity contribution in [2.45, 2.75) is 32.6 Å². The number of hydrogen-bond donors (Lipinski definition) is 0. The van der Waals surface area contributed by atoms with E-state index in [1.54, 1.807) is 0 Å². The van der Waals surface area contributed by atoms with Crippen molar-refractivity contribution < 1.29 is 0 Å². The van der Waals surface area contributed by atoms with Crippen LogP contribution in [0.2, 0.25) is 0 Å². The van der Waals surface area contributed by atoms with Gasteiger partial charge in [0, 0.05) is 0 Å². The summed E-state index contributed by atoms with van der Waals surface area (Å²) in [7, 11) is 0. The molecule has 1 rings (SSSR count). The molecule has 0 bridgehead atoms. The monoisotopic (exact) mass is 146 g/mol. The van der Waals surface area contributed by atoms with Crippen molar-refractivity contribution in [1.29, 1.82) is 0 Å². The van der Waals surface area contributed by atoms with Crippen LogP contribution in [0, 0.1) is 0 Å². The first-order valence-electron chi connectivity index (χ1n) is 4.43. The molecule has 0 unspecified atom stereocenters. The Balaban J connectivity index is 2.74. The molecule has 1 heteroatoms. The summed E-state index contributed by atoms with van der Waals surface area (Å²) < 4.78 is 0. The van der Waals surface area contributed by atoms with Crippen LogP contribution in [0.15, 0.2) is 24.2 Å². The van der Waals surface area contributed by atoms with Gasteiger partial charge in [-0.05, 0) is 0 Å². The van der Waals surface area contributed by atoms with Gasteiger partial charge in [0.25, 0.3) is 0 Å². The SMILES string of the molecule is CCC(CC)c1bcccc1. The van der Waals surface area contributed by atoms with Crippen molar-refractivity contribution >= 4 is 6.91 Å². The van der Waals surface area contributed by atoms with E-state index >= 15 is 0 Å². The van der Waals surface area contributed by atoms with Crippen molar-refractivity contribution in [3.05, 3.63) is 29.6 Å². The molecule has 1 aromatic rings. The van der Waals surface area contributed by atoms with Crippen LogP contribution in [0.3, 0.4) is 0 Å². The summed E-state index contributed by atoms with van der Waals surface area (Å²) >= 11 is 0. The van der Waals surface area contributed by atoms with E-state index in [2.05, 4.69) is 44.9 Å². The van der Waals surface area contributed by atoms with Crippen LogP contribution in [0.1, 0.15) is 38.1 Å². The van der Waals surface area contributed by atoms with Gasteiger partial charge in [-0.25, -0.2) is 0 Å². The third-order valence-corrected chi connectivity index (χ3v) is 2.26. The van der Waals surface area contributed by atoms with Gasteiger partial charge >= 0.3 is 69.1 Å². The topological polar surface area (TPSA) is 0 Å². The van der Waals surface area contributed by atoms with E-state index in [4.69, 9.17) is 0 Å². The standard InChI is InChI=1S/C10H15B/c1-3-9(4-2)10-7-5-6-8-11-10/h5-9H,3-4H2,1-2H3. The molecule has 1 aromatic heterocycles. The van der Waals surface area contributed by atoms with Gasteiger partial charge in [-0.15, -0.1) is 0 Å². The Kier molecular flexibility index (Phi) is 3.35. The average Bonchev–Trinajstić information content (AvgIpc) is 2.09. The molecule has 0 aromatic carbocycles. The van der Waals surface area contributed by atoms with E-state index in [-0.39, 0.29) is 0 Å². The van der Waals surface area contributed by atoms with Gasteiger partial charge < -0.3 is 0 Å². The van der Waals surface area contributed by atoms with Gasteiger partial charge in [0.05, 0.1) is 0 Å². The second-order valence-electron chi connectivity index (χ2n) is 2.92. The maximum atomic E-state index is 2.25. The fourth-order valence-corrected chi connectivity index (χ4v) is 1.49. The molecule has 0 radical (unpaired) electrons. The van der Waals surface area contributed by atoms with E-state index in [0.717, 1.165) is 5.92 Å². The molecule has 0 saturated heterocycles. The van der Waals surface area contributed by atoms with Crippen LogP contribution in [0.4, 0.5) is 0 Å². The first-order chi connectivity index (χ1) is 5.38. The molecule has 11 heavy (non-hydrogen) atoms. The third kappa shape index (κ3) is 2.18. The minimum absolute atomic E-state index is 0.760. The fourth-order valence-electron chi connectivity index (χ4n) is 1.49. The second kappa shape index (κ2) is 4.33. The van der Waals surface area contributed by atoms with Gasteiger partial charge in [0.15, 0.2) is 0 Å². The third-order valence-electron chi connectivity index (χ3n) is 2.26. The summed E-state index contributed by atoms with van der Waals surface area (Å²) in [6.07, 6.45) is 2.50. The summed E-state index contributed by atoms with van der Waals surface area (Å²) in [6, 6.07) is 6.41. The number of hydrogen-bond acceptors (Lipinski definition) is 0. The van der Waals surface area contributed by atoms with Gasteiger partial charge in [-0.3, -0.25) is 0 Å². The van der Waals surface area contributed by atoms with E-state index in [1.165, 1.54) is 18.3 Å². The first-order valence-corrected chi connectivity index (χ1v) is 4.43. The second-order valence-corrected chi connectivity index (χ2v) is 2.92. The molecule has 58 valence electrons. The quantitative estimate of drug-likeness (QED) is 0.614. The first kappa shape index (κ1) is 8.51. The molecule has 0 N–H and O–H groups in total. The van der Waals surface area contributed by atoms with Crippen LogP contribution in [-0.4, -0.2) is 6.91 Å². The van der Waals surface area contributed by atoms with Gasteiger partial charge in [0.2, 0.25) is 0 Å². The van der Waals surface area contributed by atoms with Gasteiger partial charge in [-0.1, -0.05) is 0 Å². The Bertz CT molecular complexity index is 189. The van der Waals surface area contributed by atoms with Crippen LogP contribution in [0.25, 0.3) is 0 Å². The van der Waals surface area contributed by atoms with Crippen molar-refractivity contribution in [1.82, 2.24) is 0 Å². The molecule has 0 spiro atoms. The normalized spacial score (nSPS) is 10.1. The Hall–Kier alpha value is -0.585. The summed E-state index contributed by atoms with van der Waals surface area (Å²) in [4.78, 5) is 0. The van der Waals surface area contributed by atoms with E-state index in [9.17, 15) is 0 Å². The van der Waals surface area contributed by atoms with E-state index in [0.29, 0.717) is 0 Å². The molecule has 0 atom stereocenters. The summed E-state index contributed by atoms with van der Waals surface area (Å²) in [5.74, 6) is 2.88. The van der Waals surface area contributed by atoms with Crippen molar-refractivity contribution in [2.75, 3.05) is 0 Å². The zero-order chi connectivity index (χ0) is 8.10. The van der Waals surface area contributed by atoms with Gasteiger partial charge in [-0.2, -0.15) is 0 Å². The minimum atomic E-state index is 0.760. The molecule has 0 aliphatic carbocycles. The van der Waals surface area contributed by atoms with Crippen molar-refractivity contribution in [3.63, 3.8) is 0 Å². The molecular weight excluding hydrogens is 131 g/mol. The Morgan fingerprint density at radius 3 is 2.45 bits per heavy atom. The van der Waals surface area contributed by atoms with Crippen LogP contribution in [0.5, 0.6) is 0 Å². The van der Waals surface area contributed by atoms with Crippen molar-refractivity contribution in [2.24, 2.45) is 0 Å². The zero-order valence-electron chi connectivity index (χ0n) is 7.38. The maximum absolute atomic E-state index is 2.25. The Morgan fingerprint density at radius 1 is 1.27 bits per heavy atom. The van der Waals surface area contributed by atoms with Gasteiger partial charge in [0.1, 0.15) is 0 Å². The van der Waals surface area contributed by atoms with E-state index < -0.39 is 0 Å². The van der Waals surface area contributed by atoms with Crippen LogP contribution in [-0.2, 0) is 0 Å². The Morgan fingerprint density at radius 2 is 2.00 bits per heavy atom. The fraction of sp³-hybridized carbons (Fsp3) is 0.500. The van der Waals surface area contributed by atoms with E-state index in [1.807, 2.05) is 0 Å². The predicted octanol–water partition coefficient (Wildman–Crippen LogP) is 2.93. The average molecular weight is 146 g/mol. The Labute approximate surface area is 69.9 Å². The predicted molar refractivity (Wildman–Crippen MR) is 51.1 cm³/mol. The molecule has 0 aliphatic rings.